The van der Waals surface area contributed by atoms with Crippen LogP contribution in [-0.2, 0) is 20.8 Å². The first kappa shape index (κ1) is 14.0. The van der Waals surface area contributed by atoms with Crippen LogP contribution >= 0.6 is 0 Å². The van der Waals surface area contributed by atoms with Crippen LogP contribution < -0.4 is 5.32 Å². The third-order valence-corrected chi connectivity index (χ3v) is 3.36. The molecule has 106 valence electrons. The van der Waals surface area contributed by atoms with Crippen LogP contribution in [0.5, 0.6) is 0 Å². The van der Waals surface area contributed by atoms with Crippen molar-refractivity contribution in [1.82, 2.24) is 9.78 Å². The van der Waals surface area contributed by atoms with Gasteiger partial charge < -0.3 is 14.8 Å². The summed E-state index contributed by atoms with van der Waals surface area (Å²) in [5, 5.41) is 7.12. The maximum atomic E-state index is 12.1. The molecule has 1 aliphatic rings. The molecule has 1 N–H and O–H groups in total. The van der Waals surface area contributed by atoms with Crippen molar-refractivity contribution >= 4 is 11.7 Å². The Kier molecular flexibility index (Phi) is 4.93. The molecule has 0 aromatic carbocycles. The minimum absolute atomic E-state index is 0.0100. The third-order valence-electron chi connectivity index (χ3n) is 3.36. The molecule has 6 heteroatoms. The minimum atomic E-state index is -0.0853. The summed E-state index contributed by atoms with van der Waals surface area (Å²) in [6, 6.07) is 1.79. The number of hydrogen-bond donors (Lipinski definition) is 1. The number of anilines is 1. The second-order valence-electron chi connectivity index (χ2n) is 4.77. The number of ether oxygens (including phenoxy) is 2. The van der Waals surface area contributed by atoms with E-state index in [1.54, 1.807) is 17.9 Å². The number of carbonyl (C=O) groups excluding carboxylic acids is 1. The number of nitrogens with zero attached hydrogens (tertiary/aromatic N) is 2. The Bertz CT molecular complexity index is 419. The van der Waals surface area contributed by atoms with Crippen molar-refractivity contribution in [1.29, 1.82) is 0 Å². The molecule has 0 spiro atoms. The zero-order valence-corrected chi connectivity index (χ0v) is 11.5. The number of rotatable bonds is 5. The summed E-state index contributed by atoms with van der Waals surface area (Å²) in [4.78, 5) is 12.1. The molecule has 1 fully saturated rings. The van der Waals surface area contributed by atoms with Gasteiger partial charge in [0.15, 0.2) is 5.82 Å². The topological polar surface area (TPSA) is 65.4 Å². The van der Waals surface area contributed by atoms with Gasteiger partial charge in [0.1, 0.15) is 0 Å². The van der Waals surface area contributed by atoms with Gasteiger partial charge >= 0.3 is 0 Å². The molecule has 1 amide bonds. The summed E-state index contributed by atoms with van der Waals surface area (Å²) in [5.74, 6) is 0.487. The molecule has 0 saturated carbocycles. The van der Waals surface area contributed by atoms with E-state index >= 15 is 0 Å². The van der Waals surface area contributed by atoms with Crippen molar-refractivity contribution in [2.75, 3.05) is 25.6 Å². The predicted molar refractivity (Wildman–Crippen MR) is 70.9 cm³/mol. The molecule has 0 aliphatic carbocycles. The van der Waals surface area contributed by atoms with Crippen LogP contribution in [0.3, 0.4) is 0 Å². The highest BCUT2D eigenvalue weighted by atomic mass is 16.5. The lowest BCUT2D eigenvalue weighted by molar-refractivity contribution is -0.127. The lowest BCUT2D eigenvalue weighted by Gasteiger charge is -2.27. The monoisotopic (exact) mass is 267 g/mol. The summed E-state index contributed by atoms with van der Waals surface area (Å²) < 4.78 is 12.2. The van der Waals surface area contributed by atoms with E-state index in [1.807, 2.05) is 13.1 Å². The van der Waals surface area contributed by atoms with Crippen LogP contribution in [0.1, 0.15) is 19.8 Å². The first-order chi connectivity index (χ1) is 9.20. The molecule has 0 radical (unpaired) electrons. The molecule has 2 rings (SSSR count). The zero-order valence-electron chi connectivity index (χ0n) is 11.5. The average Bonchev–Trinajstić information content (AvgIpc) is 2.84. The molecule has 1 saturated heterocycles. The lowest BCUT2D eigenvalue weighted by atomic mass is 9.94. The van der Waals surface area contributed by atoms with Gasteiger partial charge in [-0.15, -0.1) is 0 Å². The molecule has 2 heterocycles. The molecule has 1 aliphatic heterocycles. The second-order valence-corrected chi connectivity index (χ2v) is 4.77. The molecule has 0 bridgehead atoms. The van der Waals surface area contributed by atoms with Crippen molar-refractivity contribution in [2.24, 2.45) is 5.92 Å². The van der Waals surface area contributed by atoms with Gasteiger partial charge in [0.2, 0.25) is 5.91 Å². The molecule has 2 unspecified atom stereocenters. The van der Waals surface area contributed by atoms with E-state index < -0.39 is 0 Å². The lowest BCUT2D eigenvalue weighted by Crippen LogP contribution is -2.36. The standard InChI is InChI=1S/C13H21N3O3/c1-10-11(4-3-8-19-10)13(17)14-12-5-6-16(15-12)7-9-18-2/h5-6,10-11H,3-4,7-9H2,1-2H3,(H,14,15,17). The predicted octanol–water partition coefficient (Wildman–Crippen LogP) is 1.28. The average molecular weight is 267 g/mol. The number of amides is 1. The number of aromatic nitrogens is 2. The molecule has 19 heavy (non-hydrogen) atoms. The van der Waals surface area contributed by atoms with E-state index in [9.17, 15) is 4.79 Å². The van der Waals surface area contributed by atoms with Gasteiger partial charge in [-0.1, -0.05) is 0 Å². The maximum absolute atomic E-state index is 12.1. The molecular formula is C13H21N3O3. The van der Waals surface area contributed by atoms with Crippen molar-refractivity contribution in [3.05, 3.63) is 12.3 Å². The van der Waals surface area contributed by atoms with Gasteiger partial charge in [-0.3, -0.25) is 9.48 Å². The van der Waals surface area contributed by atoms with Crippen LogP contribution in [0.2, 0.25) is 0 Å². The Morgan fingerprint density at radius 3 is 3.26 bits per heavy atom. The fraction of sp³-hybridized carbons (Fsp3) is 0.692. The molecule has 6 nitrogen and oxygen atoms in total. The van der Waals surface area contributed by atoms with Gasteiger partial charge in [-0.2, -0.15) is 5.10 Å². The normalized spacial score (nSPS) is 23.3. The van der Waals surface area contributed by atoms with Gasteiger partial charge in [0.05, 0.1) is 25.2 Å². The number of methoxy groups -OCH3 is 1. The largest absolute Gasteiger partial charge is 0.383 e. The summed E-state index contributed by atoms with van der Waals surface area (Å²) in [6.45, 7) is 3.97. The number of carbonyl (C=O) groups is 1. The quantitative estimate of drug-likeness (QED) is 0.873. The Labute approximate surface area is 113 Å². The summed E-state index contributed by atoms with van der Waals surface area (Å²) >= 11 is 0. The molecule has 1 aromatic heterocycles. The number of hydrogen-bond acceptors (Lipinski definition) is 4. The first-order valence-corrected chi connectivity index (χ1v) is 6.65. The van der Waals surface area contributed by atoms with E-state index in [0.29, 0.717) is 19.0 Å². The smallest absolute Gasteiger partial charge is 0.231 e. The minimum Gasteiger partial charge on any atom is -0.383 e. The van der Waals surface area contributed by atoms with Crippen molar-refractivity contribution in [2.45, 2.75) is 32.4 Å². The summed E-state index contributed by atoms with van der Waals surface area (Å²) in [5.41, 5.74) is 0. The van der Waals surface area contributed by atoms with E-state index in [4.69, 9.17) is 9.47 Å². The van der Waals surface area contributed by atoms with Crippen LogP contribution in [0, 0.1) is 5.92 Å². The van der Waals surface area contributed by atoms with Crippen LogP contribution in [0.15, 0.2) is 12.3 Å². The van der Waals surface area contributed by atoms with Gasteiger partial charge in [0.25, 0.3) is 0 Å². The second kappa shape index (κ2) is 6.68. The summed E-state index contributed by atoms with van der Waals surface area (Å²) in [6.07, 6.45) is 3.61. The molecule has 1 aromatic rings. The van der Waals surface area contributed by atoms with E-state index in [1.165, 1.54) is 0 Å². The van der Waals surface area contributed by atoms with Crippen molar-refractivity contribution in [3.63, 3.8) is 0 Å². The van der Waals surface area contributed by atoms with E-state index in [0.717, 1.165) is 19.4 Å². The van der Waals surface area contributed by atoms with Crippen molar-refractivity contribution < 1.29 is 14.3 Å². The Morgan fingerprint density at radius 2 is 2.53 bits per heavy atom. The zero-order chi connectivity index (χ0) is 13.7. The Hall–Kier alpha value is -1.40. The highest BCUT2D eigenvalue weighted by Gasteiger charge is 2.28. The van der Waals surface area contributed by atoms with E-state index in [-0.39, 0.29) is 17.9 Å². The fourth-order valence-electron chi connectivity index (χ4n) is 2.22. The van der Waals surface area contributed by atoms with Gasteiger partial charge in [0, 0.05) is 26.0 Å². The Morgan fingerprint density at radius 1 is 1.68 bits per heavy atom. The molecule has 2 atom stereocenters. The van der Waals surface area contributed by atoms with Gasteiger partial charge in [-0.25, -0.2) is 0 Å². The van der Waals surface area contributed by atoms with Gasteiger partial charge in [-0.05, 0) is 19.8 Å². The first-order valence-electron chi connectivity index (χ1n) is 6.65. The third kappa shape index (κ3) is 3.78. The highest BCUT2D eigenvalue weighted by Crippen LogP contribution is 2.21. The van der Waals surface area contributed by atoms with Crippen LogP contribution in [0.4, 0.5) is 5.82 Å². The molecular weight excluding hydrogens is 246 g/mol. The van der Waals surface area contributed by atoms with E-state index in [2.05, 4.69) is 10.4 Å². The number of nitrogens with one attached hydrogen (secondary N) is 1. The van der Waals surface area contributed by atoms with Crippen LogP contribution in [0.25, 0.3) is 0 Å². The summed E-state index contributed by atoms with van der Waals surface area (Å²) in [7, 11) is 1.65. The Balaban J connectivity index is 1.89. The fourth-order valence-corrected chi connectivity index (χ4v) is 2.22. The van der Waals surface area contributed by atoms with Crippen molar-refractivity contribution in [3.8, 4) is 0 Å². The van der Waals surface area contributed by atoms with Crippen LogP contribution in [-0.4, -0.2) is 42.1 Å². The SMILES string of the molecule is COCCn1ccc(NC(=O)C2CCCOC2C)n1. The highest BCUT2D eigenvalue weighted by molar-refractivity contribution is 5.92. The maximum Gasteiger partial charge on any atom is 0.231 e.